The van der Waals surface area contributed by atoms with Crippen molar-refractivity contribution in [3.63, 3.8) is 0 Å². The molecular weight excluding hydrogens is 194 g/mol. The van der Waals surface area contributed by atoms with Gasteiger partial charge in [-0.15, -0.1) is 0 Å². The van der Waals surface area contributed by atoms with E-state index in [-0.39, 0.29) is 0 Å². The molecule has 1 amide bonds. The molecule has 0 aliphatic carbocycles. The third-order valence-corrected chi connectivity index (χ3v) is 2.63. The topological polar surface area (TPSA) is 79.5 Å². The Morgan fingerprint density at radius 2 is 2.40 bits per heavy atom. The van der Waals surface area contributed by atoms with Gasteiger partial charge in [0.05, 0.1) is 5.69 Å². The number of aromatic nitrogens is 1. The van der Waals surface area contributed by atoms with Crippen LogP contribution in [-0.2, 0) is 19.5 Å². The third-order valence-electron chi connectivity index (χ3n) is 2.63. The first-order valence-corrected chi connectivity index (χ1v) is 4.85. The van der Waals surface area contributed by atoms with Crippen LogP contribution in [0.1, 0.15) is 16.8 Å². The van der Waals surface area contributed by atoms with Gasteiger partial charge in [-0.3, -0.25) is 4.98 Å². The smallest absolute Gasteiger partial charge is 0.407 e. The van der Waals surface area contributed by atoms with Gasteiger partial charge >= 0.3 is 6.09 Å². The lowest BCUT2D eigenvalue weighted by atomic mass is 10.0. The molecule has 0 atom stereocenters. The second-order valence-corrected chi connectivity index (χ2v) is 3.60. The van der Waals surface area contributed by atoms with Gasteiger partial charge in [-0.25, -0.2) is 4.79 Å². The average molecular weight is 207 g/mol. The number of carboxylic acid groups (broad SMARTS) is 1. The number of amides is 1. The Balaban J connectivity index is 2.27. The first-order chi connectivity index (χ1) is 7.20. The number of pyridine rings is 1. The van der Waals surface area contributed by atoms with E-state index >= 15 is 0 Å². The summed E-state index contributed by atoms with van der Waals surface area (Å²) in [6.45, 7) is 1.38. The Morgan fingerprint density at radius 3 is 3.07 bits per heavy atom. The predicted octanol–water partition coefficient (Wildman–Crippen LogP) is 0.576. The molecule has 0 fully saturated rings. The average Bonchev–Trinajstić information content (AvgIpc) is 2.27. The van der Waals surface area contributed by atoms with Gasteiger partial charge in [0.1, 0.15) is 0 Å². The van der Waals surface area contributed by atoms with Crippen LogP contribution >= 0.6 is 0 Å². The lowest BCUT2D eigenvalue weighted by Gasteiger charge is -2.26. The van der Waals surface area contributed by atoms with Crippen molar-refractivity contribution in [2.75, 3.05) is 6.54 Å². The minimum atomic E-state index is -0.869. The van der Waals surface area contributed by atoms with Crippen LogP contribution in [0.15, 0.2) is 12.3 Å². The van der Waals surface area contributed by atoms with Crippen molar-refractivity contribution in [3.05, 3.63) is 29.1 Å². The van der Waals surface area contributed by atoms with E-state index in [0.29, 0.717) is 19.6 Å². The highest BCUT2D eigenvalue weighted by molar-refractivity contribution is 5.65. The summed E-state index contributed by atoms with van der Waals surface area (Å²) in [6.07, 6.45) is 1.67. The molecule has 2 rings (SSSR count). The summed E-state index contributed by atoms with van der Waals surface area (Å²) >= 11 is 0. The summed E-state index contributed by atoms with van der Waals surface area (Å²) in [5, 5.41) is 8.88. The fourth-order valence-corrected chi connectivity index (χ4v) is 1.76. The van der Waals surface area contributed by atoms with E-state index in [4.69, 9.17) is 10.8 Å². The standard InChI is InChI=1S/C10H13N3O2/c11-4-9-3-8-6-13(10(14)15)2-1-7(8)5-12-9/h3,5H,1-2,4,6,11H2,(H,14,15). The van der Waals surface area contributed by atoms with Gasteiger partial charge in [0.25, 0.3) is 0 Å². The summed E-state index contributed by atoms with van der Waals surface area (Å²) < 4.78 is 0. The number of hydrogen-bond acceptors (Lipinski definition) is 3. The van der Waals surface area contributed by atoms with Crippen molar-refractivity contribution in [2.45, 2.75) is 19.5 Å². The van der Waals surface area contributed by atoms with E-state index in [0.717, 1.165) is 23.2 Å². The van der Waals surface area contributed by atoms with E-state index in [1.165, 1.54) is 4.90 Å². The minimum absolute atomic E-state index is 0.389. The number of carbonyl (C=O) groups is 1. The molecule has 0 aromatic carbocycles. The highest BCUT2D eigenvalue weighted by Crippen LogP contribution is 2.18. The Labute approximate surface area is 87.5 Å². The number of nitrogens with two attached hydrogens (primary N) is 1. The maximum atomic E-state index is 10.8. The zero-order chi connectivity index (χ0) is 10.8. The second kappa shape index (κ2) is 3.86. The van der Waals surface area contributed by atoms with E-state index < -0.39 is 6.09 Å². The van der Waals surface area contributed by atoms with E-state index in [1.807, 2.05) is 6.07 Å². The minimum Gasteiger partial charge on any atom is -0.465 e. The monoisotopic (exact) mass is 207 g/mol. The molecule has 0 saturated carbocycles. The van der Waals surface area contributed by atoms with Crippen LogP contribution in [0, 0.1) is 0 Å². The van der Waals surface area contributed by atoms with Crippen LogP contribution in [0.4, 0.5) is 4.79 Å². The maximum absolute atomic E-state index is 10.8. The summed E-state index contributed by atoms with van der Waals surface area (Å²) in [5.74, 6) is 0. The summed E-state index contributed by atoms with van der Waals surface area (Å²) in [4.78, 5) is 16.4. The lowest BCUT2D eigenvalue weighted by molar-refractivity contribution is 0.140. The predicted molar refractivity (Wildman–Crippen MR) is 54.3 cm³/mol. The maximum Gasteiger partial charge on any atom is 0.407 e. The first-order valence-electron chi connectivity index (χ1n) is 4.85. The largest absolute Gasteiger partial charge is 0.465 e. The van der Waals surface area contributed by atoms with Gasteiger partial charge in [-0.05, 0) is 23.6 Å². The molecule has 5 heteroatoms. The van der Waals surface area contributed by atoms with E-state index in [2.05, 4.69) is 4.98 Å². The van der Waals surface area contributed by atoms with Gasteiger partial charge < -0.3 is 15.7 Å². The molecule has 2 heterocycles. The highest BCUT2D eigenvalue weighted by Gasteiger charge is 2.20. The number of fused-ring (bicyclic) bond motifs is 1. The van der Waals surface area contributed by atoms with Gasteiger partial charge in [-0.1, -0.05) is 0 Å². The fourth-order valence-electron chi connectivity index (χ4n) is 1.76. The molecule has 15 heavy (non-hydrogen) atoms. The molecule has 80 valence electrons. The number of nitrogens with zero attached hydrogens (tertiary/aromatic N) is 2. The van der Waals surface area contributed by atoms with Gasteiger partial charge in [0, 0.05) is 25.8 Å². The first kappa shape index (κ1) is 9.92. The molecular formula is C10H13N3O2. The highest BCUT2D eigenvalue weighted by atomic mass is 16.4. The summed E-state index contributed by atoms with van der Waals surface area (Å²) in [5.41, 5.74) is 8.45. The molecule has 1 aliphatic heterocycles. The molecule has 0 unspecified atom stereocenters. The Bertz CT molecular complexity index is 392. The molecule has 1 aliphatic rings. The number of rotatable bonds is 1. The van der Waals surface area contributed by atoms with E-state index in [9.17, 15) is 4.79 Å². The van der Waals surface area contributed by atoms with Gasteiger partial charge in [-0.2, -0.15) is 0 Å². The van der Waals surface area contributed by atoms with Gasteiger partial charge in [0.2, 0.25) is 0 Å². The molecule has 3 N–H and O–H groups in total. The Morgan fingerprint density at radius 1 is 1.60 bits per heavy atom. The molecule has 1 aromatic rings. The quantitative estimate of drug-likeness (QED) is 0.705. The van der Waals surface area contributed by atoms with E-state index in [1.54, 1.807) is 6.20 Å². The zero-order valence-electron chi connectivity index (χ0n) is 8.31. The van der Waals surface area contributed by atoms with Gasteiger partial charge in [0.15, 0.2) is 0 Å². The third kappa shape index (κ3) is 1.92. The van der Waals surface area contributed by atoms with Crippen LogP contribution < -0.4 is 5.73 Å². The van der Waals surface area contributed by atoms with Crippen LogP contribution in [0.3, 0.4) is 0 Å². The molecule has 0 saturated heterocycles. The van der Waals surface area contributed by atoms with Crippen molar-refractivity contribution >= 4 is 6.09 Å². The van der Waals surface area contributed by atoms with Crippen LogP contribution in [0.25, 0.3) is 0 Å². The zero-order valence-corrected chi connectivity index (χ0v) is 8.31. The van der Waals surface area contributed by atoms with Crippen LogP contribution in [-0.4, -0.2) is 27.6 Å². The molecule has 5 nitrogen and oxygen atoms in total. The summed E-state index contributed by atoms with van der Waals surface area (Å²) in [6, 6.07) is 1.89. The second-order valence-electron chi connectivity index (χ2n) is 3.60. The fraction of sp³-hybridized carbons (Fsp3) is 0.400. The molecule has 0 radical (unpaired) electrons. The van der Waals surface area contributed by atoms with Crippen molar-refractivity contribution < 1.29 is 9.90 Å². The SMILES string of the molecule is NCc1cc2c(cn1)CCN(C(=O)O)C2. The van der Waals surface area contributed by atoms with Crippen LogP contribution in [0.2, 0.25) is 0 Å². The Kier molecular flexibility index (Phi) is 2.55. The van der Waals surface area contributed by atoms with Crippen molar-refractivity contribution in [3.8, 4) is 0 Å². The van der Waals surface area contributed by atoms with Crippen LogP contribution in [0.5, 0.6) is 0 Å². The number of hydrogen-bond donors (Lipinski definition) is 2. The molecule has 1 aromatic heterocycles. The summed E-state index contributed by atoms with van der Waals surface area (Å²) in [7, 11) is 0. The molecule has 0 bridgehead atoms. The normalized spacial score (nSPS) is 14.9. The van der Waals surface area contributed by atoms with Crippen molar-refractivity contribution in [1.29, 1.82) is 0 Å². The lowest BCUT2D eigenvalue weighted by Crippen LogP contribution is -2.34. The van der Waals surface area contributed by atoms with Crippen molar-refractivity contribution in [1.82, 2.24) is 9.88 Å². The van der Waals surface area contributed by atoms with Crippen molar-refractivity contribution in [2.24, 2.45) is 5.73 Å². The Hall–Kier alpha value is -1.62. The molecule has 0 spiro atoms.